The molecule has 0 aliphatic carbocycles. The Morgan fingerprint density at radius 1 is 0.968 bits per heavy atom. The molecule has 4 rings (SSSR count). The number of H-pyrrole nitrogens is 1. The minimum absolute atomic E-state index is 0.119. The number of aromatic amines is 1. The molecule has 158 valence electrons. The van der Waals surface area contributed by atoms with Gasteiger partial charge in [0, 0.05) is 0 Å². The summed E-state index contributed by atoms with van der Waals surface area (Å²) in [6, 6.07) is 12.1. The second-order valence-corrected chi connectivity index (χ2v) is 6.44. The number of fused-ring (bicyclic) bond motifs is 1. The van der Waals surface area contributed by atoms with E-state index in [2.05, 4.69) is 15.0 Å². The van der Waals surface area contributed by atoms with Gasteiger partial charge >= 0.3 is 5.69 Å². The van der Waals surface area contributed by atoms with Gasteiger partial charge in [0.1, 0.15) is 11.3 Å². The van der Waals surface area contributed by atoms with E-state index in [4.69, 9.17) is 19.9 Å². The van der Waals surface area contributed by atoms with Gasteiger partial charge in [0.25, 0.3) is 5.91 Å². The van der Waals surface area contributed by atoms with E-state index in [0.29, 0.717) is 28.5 Å². The lowest BCUT2D eigenvalue weighted by molar-refractivity contribution is 0.0997. The van der Waals surface area contributed by atoms with Crippen molar-refractivity contribution in [1.82, 2.24) is 19.5 Å². The SMILES string of the molecule is COc1ccccc1-n1c(=O)[nH]c2c(C(N)=O)nc(-c3cccc(OC)c3OC)nc21. The minimum atomic E-state index is -0.816. The van der Waals surface area contributed by atoms with Gasteiger partial charge in [-0.3, -0.25) is 4.79 Å². The molecule has 31 heavy (non-hydrogen) atoms. The number of imidazole rings is 1. The van der Waals surface area contributed by atoms with Gasteiger partial charge in [-0.2, -0.15) is 0 Å². The van der Waals surface area contributed by atoms with Crippen molar-refractivity contribution in [2.75, 3.05) is 21.3 Å². The number of nitrogens with zero attached hydrogens (tertiary/aromatic N) is 3. The number of benzene rings is 2. The number of hydrogen-bond acceptors (Lipinski definition) is 7. The average Bonchev–Trinajstić information content (AvgIpc) is 3.12. The Labute approximate surface area is 176 Å². The number of nitrogens with one attached hydrogen (secondary N) is 1. The van der Waals surface area contributed by atoms with Gasteiger partial charge in [0.2, 0.25) is 0 Å². The molecule has 4 aromatic rings. The highest BCUT2D eigenvalue weighted by Crippen LogP contribution is 2.37. The molecule has 0 aliphatic heterocycles. The molecule has 0 saturated heterocycles. The summed E-state index contributed by atoms with van der Waals surface area (Å²) < 4.78 is 17.5. The van der Waals surface area contributed by atoms with Crippen molar-refractivity contribution >= 4 is 17.1 Å². The molecule has 0 fully saturated rings. The molecule has 0 bridgehead atoms. The van der Waals surface area contributed by atoms with E-state index in [1.165, 1.54) is 25.9 Å². The summed E-state index contributed by atoms with van der Waals surface area (Å²) in [7, 11) is 4.48. The molecule has 2 aromatic heterocycles. The number of rotatable bonds is 6. The Bertz CT molecular complexity index is 1360. The normalized spacial score (nSPS) is 10.8. The zero-order chi connectivity index (χ0) is 22.1. The first-order valence-electron chi connectivity index (χ1n) is 9.17. The fraction of sp³-hybridized carbons (Fsp3) is 0.143. The molecule has 2 heterocycles. The van der Waals surface area contributed by atoms with Gasteiger partial charge in [-0.25, -0.2) is 19.3 Å². The minimum Gasteiger partial charge on any atom is -0.495 e. The van der Waals surface area contributed by atoms with Crippen LogP contribution in [0.2, 0.25) is 0 Å². The molecule has 0 unspecified atom stereocenters. The molecule has 2 aromatic carbocycles. The number of nitrogens with two attached hydrogens (primary N) is 1. The number of para-hydroxylation sites is 3. The van der Waals surface area contributed by atoms with Crippen LogP contribution < -0.4 is 25.6 Å². The molecule has 0 radical (unpaired) electrons. The molecular formula is C21H19N5O5. The molecule has 0 saturated carbocycles. The van der Waals surface area contributed by atoms with Crippen molar-refractivity contribution in [2.45, 2.75) is 0 Å². The van der Waals surface area contributed by atoms with Gasteiger partial charge < -0.3 is 24.9 Å². The quantitative estimate of drug-likeness (QED) is 0.485. The summed E-state index contributed by atoms with van der Waals surface area (Å²) in [5, 5.41) is 0. The van der Waals surface area contributed by atoms with Gasteiger partial charge in [-0.15, -0.1) is 0 Å². The van der Waals surface area contributed by atoms with Gasteiger partial charge in [0.05, 0.1) is 32.6 Å². The monoisotopic (exact) mass is 421 g/mol. The smallest absolute Gasteiger partial charge is 0.332 e. The Balaban J connectivity index is 2.10. The number of hydrogen-bond donors (Lipinski definition) is 2. The lowest BCUT2D eigenvalue weighted by atomic mass is 10.1. The highest BCUT2D eigenvalue weighted by Gasteiger charge is 2.23. The second-order valence-electron chi connectivity index (χ2n) is 6.44. The van der Waals surface area contributed by atoms with Crippen molar-refractivity contribution in [2.24, 2.45) is 5.73 Å². The predicted molar refractivity (Wildman–Crippen MR) is 113 cm³/mol. The van der Waals surface area contributed by atoms with Gasteiger partial charge in [-0.1, -0.05) is 18.2 Å². The predicted octanol–water partition coefficient (Wildman–Crippen LogP) is 1.90. The Morgan fingerprint density at radius 3 is 2.35 bits per heavy atom. The van der Waals surface area contributed by atoms with Crippen LogP contribution in [0.15, 0.2) is 47.3 Å². The fourth-order valence-electron chi connectivity index (χ4n) is 3.38. The summed E-state index contributed by atoms with van der Waals surface area (Å²) in [6.45, 7) is 0. The van der Waals surface area contributed by atoms with E-state index in [1.54, 1.807) is 42.5 Å². The molecule has 0 spiro atoms. The number of carbonyl (C=O) groups excluding carboxylic acids is 1. The summed E-state index contributed by atoms with van der Waals surface area (Å²) in [5.41, 5.74) is 6.11. The number of carbonyl (C=O) groups is 1. The number of aromatic nitrogens is 4. The molecule has 3 N–H and O–H groups in total. The van der Waals surface area contributed by atoms with Crippen molar-refractivity contribution < 1.29 is 19.0 Å². The number of primary amides is 1. The lowest BCUT2D eigenvalue weighted by Gasteiger charge is -2.13. The van der Waals surface area contributed by atoms with Crippen LogP contribution in [-0.2, 0) is 0 Å². The maximum absolute atomic E-state index is 12.8. The molecular weight excluding hydrogens is 402 g/mol. The first-order chi connectivity index (χ1) is 15.0. The van der Waals surface area contributed by atoms with E-state index in [1.807, 2.05) is 0 Å². The van der Waals surface area contributed by atoms with Crippen LogP contribution in [0, 0.1) is 0 Å². The first-order valence-corrected chi connectivity index (χ1v) is 9.17. The van der Waals surface area contributed by atoms with Crippen LogP contribution in [0.3, 0.4) is 0 Å². The van der Waals surface area contributed by atoms with E-state index in [9.17, 15) is 9.59 Å². The van der Waals surface area contributed by atoms with Gasteiger partial charge in [-0.05, 0) is 24.3 Å². The molecule has 10 heteroatoms. The zero-order valence-electron chi connectivity index (χ0n) is 17.0. The second kappa shape index (κ2) is 7.82. The van der Waals surface area contributed by atoms with Crippen molar-refractivity contribution in [3.05, 3.63) is 58.6 Å². The third-order valence-corrected chi connectivity index (χ3v) is 4.74. The van der Waals surface area contributed by atoms with Crippen molar-refractivity contribution in [3.63, 3.8) is 0 Å². The van der Waals surface area contributed by atoms with Crippen LogP contribution in [0.1, 0.15) is 10.5 Å². The fourth-order valence-corrected chi connectivity index (χ4v) is 3.38. The topological polar surface area (TPSA) is 134 Å². The van der Waals surface area contributed by atoms with E-state index in [-0.39, 0.29) is 22.7 Å². The largest absolute Gasteiger partial charge is 0.495 e. The molecule has 1 amide bonds. The van der Waals surface area contributed by atoms with E-state index < -0.39 is 11.6 Å². The molecule has 0 aliphatic rings. The Kier molecular flexibility index (Phi) is 5.04. The standard InChI is InChI=1S/C21H19N5O5/c1-29-13-9-5-4-8-12(13)26-20-16(24-21(26)28)15(18(22)27)23-19(25-20)11-7-6-10-14(30-2)17(11)31-3/h4-10H,1-3H3,(H2,22,27)(H,24,28). The van der Waals surface area contributed by atoms with Crippen LogP contribution in [-0.4, -0.2) is 46.8 Å². The third kappa shape index (κ3) is 3.23. The summed E-state index contributed by atoms with van der Waals surface area (Å²) in [6.07, 6.45) is 0. The highest BCUT2D eigenvalue weighted by atomic mass is 16.5. The van der Waals surface area contributed by atoms with E-state index >= 15 is 0 Å². The van der Waals surface area contributed by atoms with Crippen LogP contribution in [0.5, 0.6) is 17.2 Å². The van der Waals surface area contributed by atoms with Crippen LogP contribution in [0.25, 0.3) is 28.2 Å². The number of amides is 1. The van der Waals surface area contributed by atoms with E-state index in [0.717, 1.165) is 0 Å². The summed E-state index contributed by atoms with van der Waals surface area (Å²) >= 11 is 0. The maximum Gasteiger partial charge on any atom is 0.332 e. The number of methoxy groups -OCH3 is 3. The summed E-state index contributed by atoms with van der Waals surface area (Å²) in [4.78, 5) is 36.5. The lowest BCUT2D eigenvalue weighted by Crippen LogP contribution is -2.16. The van der Waals surface area contributed by atoms with Crippen LogP contribution >= 0.6 is 0 Å². The number of ether oxygens (including phenoxy) is 3. The molecule has 10 nitrogen and oxygen atoms in total. The summed E-state index contributed by atoms with van der Waals surface area (Å²) in [5.74, 6) is 0.607. The van der Waals surface area contributed by atoms with Crippen molar-refractivity contribution in [1.29, 1.82) is 0 Å². The van der Waals surface area contributed by atoms with Crippen molar-refractivity contribution in [3.8, 4) is 34.3 Å². The van der Waals surface area contributed by atoms with Gasteiger partial charge in [0.15, 0.2) is 28.7 Å². The third-order valence-electron chi connectivity index (χ3n) is 4.74. The highest BCUT2D eigenvalue weighted by molar-refractivity contribution is 6.02. The average molecular weight is 421 g/mol. The molecule has 0 atom stereocenters. The Hall–Kier alpha value is -4.34. The first kappa shape index (κ1) is 20.0. The van der Waals surface area contributed by atoms with Crippen LogP contribution in [0.4, 0.5) is 0 Å². The zero-order valence-corrected chi connectivity index (χ0v) is 17.0. The maximum atomic E-state index is 12.8. The Morgan fingerprint density at radius 2 is 1.68 bits per heavy atom.